The summed E-state index contributed by atoms with van der Waals surface area (Å²) in [5.74, 6) is 1.47. The van der Waals surface area contributed by atoms with E-state index < -0.39 is 0 Å². The van der Waals surface area contributed by atoms with Gasteiger partial charge in [0.05, 0.1) is 25.5 Å². The highest BCUT2D eigenvalue weighted by atomic mass is 16.5. The molecule has 0 aliphatic carbocycles. The van der Waals surface area contributed by atoms with E-state index in [0.29, 0.717) is 29.9 Å². The van der Waals surface area contributed by atoms with Crippen molar-refractivity contribution in [3.8, 4) is 11.5 Å². The number of H-pyrrole nitrogens is 1. The van der Waals surface area contributed by atoms with Crippen molar-refractivity contribution in [3.05, 3.63) is 70.0 Å². The molecule has 140 valence electrons. The van der Waals surface area contributed by atoms with Crippen LogP contribution in [0.25, 0.3) is 10.9 Å². The molecule has 1 fully saturated rings. The van der Waals surface area contributed by atoms with Crippen molar-refractivity contribution in [3.63, 3.8) is 0 Å². The Bertz CT molecular complexity index is 1020. The van der Waals surface area contributed by atoms with Crippen LogP contribution in [0.3, 0.4) is 0 Å². The van der Waals surface area contributed by atoms with E-state index in [-0.39, 0.29) is 10.8 Å². The van der Waals surface area contributed by atoms with Gasteiger partial charge in [-0.15, -0.1) is 0 Å². The van der Waals surface area contributed by atoms with Crippen molar-refractivity contribution in [2.24, 2.45) is 5.41 Å². The van der Waals surface area contributed by atoms with Crippen LogP contribution in [0.15, 0.2) is 53.3 Å². The zero-order chi connectivity index (χ0) is 18.9. The van der Waals surface area contributed by atoms with Gasteiger partial charge in [-0.25, -0.2) is 0 Å². The summed E-state index contributed by atoms with van der Waals surface area (Å²) in [6.07, 6.45) is 0. The second kappa shape index (κ2) is 7.08. The number of nitrogens with one attached hydrogen (secondary N) is 1. The van der Waals surface area contributed by atoms with Gasteiger partial charge in [-0.05, 0) is 31.2 Å². The van der Waals surface area contributed by atoms with Crippen molar-refractivity contribution in [2.45, 2.75) is 20.5 Å². The van der Waals surface area contributed by atoms with E-state index in [0.717, 1.165) is 30.2 Å². The van der Waals surface area contributed by atoms with Crippen LogP contribution in [0.1, 0.15) is 18.2 Å². The highest BCUT2D eigenvalue weighted by molar-refractivity contribution is 5.79. The number of aromatic amines is 1. The third-order valence-electron chi connectivity index (χ3n) is 4.93. The lowest BCUT2D eigenvalue weighted by molar-refractivity contribution is -0.120. The fraction of sp³-hybridized carbons (Fsp3) is 0.318. The van der Waals surface area contributed by atoms with Crippen LogP contribution in [0.5, 0.6) is 11.5 Å². The van der Waals surface area contributed by atoms with Crippen LogP contribution in [0.4, 0.5) is 0 Å². The Balaban J connectivity index is 1.47. The molecule has 2 aromatic carbocycles. The van der Waals surface area contributed by atoms with Gasteiger partial charge in [0.1, 0.15) is 18.1 Å². The highest BCUT2D eigenvalue weighted by Gasteiger charge is 2.34. The first-order valence-corrected chi connectivity index (χ1v) is 9.08. The number of aromatic nitrogens is 1. The van der Waals surface area contributed by atoms with Gasteiger partial charge < -0.3 is 19.2 Å². The highest BCUT2D eigenvalue weighted by Crippen LogP contribution is 2.28. The molecule has 0 radical (unpaired) electrons. The molecule has 0 spiro atoms. The first-order chi connectivity index (χ1) is 13.0. The Morgan fingerprint density at radius 3 is 2.56 bits per heavy atom. The summed E-state index contributed by atoms with van der Waals surface area (Å²) in [5, 5.41) is 0.697. The number of pyridine rings is 1. The fourth-order valence-corrected chi connectivity index (χ4v) is 3.13. The molecule has 5 heteroatoms. The summed E-state index contributed by atoms with van der Waals surface area (Å²) in [4.78, 5) is 15.8. The number of ether oxygens (including phenoxy) is 3. The summed E-state index contributed by atoms with van der Waals surface area (Å²) in [6, 6.07) is 15.1. The van der Waals surface area contributed by atoms with E-state index in [9.17, 15) is 4.79 Å². The maximum absolute atomic E-state index is 12.5. The van der Waals surface area contributed by atoms with Crippen molar-refractivity contribution >= 4 is 10.9 Å². The molecule has 1 N–H and O–H groups in total. The summed E-state index contributed by atoms with van der Waals surface area (Å²) >= 11 is 0. The van der Waals surface area contributed by atoms with E-state index in [1.165, 1.54) is 0 Å². The van der Waals surface area contributed by atoms with E-state index in [4.69, 9.17) is 14.2 Å². The third-order valence-corrected chi connectivity index (χ3v) is 4.93. The zero-order valence-electron chi connectivity index (χ0n) is 15.6. The van der Waals surface area contributed by atoms with Gasteiger partial charge in [-0.2, -0.15) is 0 Å². The minimum absolute atomic E-state index is 0.0380. The normalized spacial score (nSPS) is 15.3. The molecular formula is C22H23NO4. The minimum Gasteiger partial charge on any atom is -0.493 e. The van der Waals surface area contributed by atoms with E-state index in [1.54, 1.807) is 0 Å². The molecule has 2 heterocycles. The quantitative estimate of drug-likeness (QED) is 0.721. The third kappa shape index (κ3) is 3.69. The van der Waals surface area contributed by atoms with Gasteiger partial charge >= 0.3 is 0 Å². The predicted molar refractivity (Wildman–Crippen MR) is 105 cm³/mol. The van der Waals surface area contributed by atoms with E-state index in [2.05, 4.69) is 11.9 Å². The molecule has 1 saturated heterocycles. The van der Waals surface area contributed by atoms with Gasteiger partial charge in [0.15, 0.2) is 5.43 Å². The first-order valence-electron chi connectivity index (χ1n) is 9.08. The van der Waals surface area contributed by atoms with Crippen LogP contribution in [-0.2, 0) is 11.3 Å². The Labute approximate surface area is 157 Å². The van der Waals surface area contributed by atoms with Gasteiger partial charge in [-0.1, -0.05) is 25.1 Å². The molecule has 3 aromatic rings. The van der Waals surface area contributed by atoms with Crippen molar-refractivity contribution in [1.82, 2.24) is 4.98 Å². The summed E-state index contributed by atoms with van der Waals surface area (Å²) in [6.45, 7) is 6.35. The lowest BCUT2D eigenvalue weighted by Crippen LogP contribution is -2.44. The van der Waals surface area contributed by atoms with Crippen molar-refractivity contribution in [1.29, 1.82) is 0 Å². The number of hydrogen-bond acceptors (Lipinski definition) is 4. The molecule has 5 nitrogen and oxygen atoms in total. The Hall–Kier alpha value is -2.79. The molecule has 1 aliphatic heterocycles. The molecule has 4 rings (SSSR count). The standard InChI is InChI=1S/C22H23NO4/c1-15-20(23-19-9-4-3-8-18(19)21(15)24)11-26-16-6-5-7-17(10-16)27-14-22(2)12-25-13-22/h3-10H,11-14H2,1-2H3,(H,23,24). The molecule has 0 unspecified atom stereocenters. The zero-order valence-corrected chi connectivity index (χ0v) is 15.6. The number of rotatable bonds is 6. The van der Waals surface area contributed by atoms with Gasteiger partial charge in [0.2, 0.25) is 0 Å². The topological polar surface area (TPSA) is 60.6 Å². The van der Waals surface area contributed by atoms with Crippen LogP contribution in [0.2, 0.25) is 0 Å². The molecule has 27 heavy (non-hydrogen) atoms. The van der Waals surface area contributed by atoms with Gasteiger partial charge in [0, 0.05) is 27.9 Å². The summed E-state index contributed by atoms with van der Waals surface area (Å²) in [7, 11) is 0. The molecule has 0 saturated carbocycles. The van der Waals surface area contributed by atoms with E-state index in [1.807, 2.05) is 55.5 Å². The average molecular weight is 365 g/mol. The van der Waals surface area contributed by atoms with Crippen LogP contribution >= 0.6 is 0 Å². The SMILES string of the molecule is Cc1c(COc2cccc(OCC3(C)COC3)c2)[nH]c2ccccc2c1=O. The largest absolute Gasteiger partial charge is 0.493 e. The summed E-state index contributed by atoms with van der Waals surface area (Å²) < 4.78 is 17.1. The number of hydrogen-bond donors (Lipinski definition) is 1. The average Bonchev–Trinajstić information content (AvgIpc) is 2.67. The number of para-hydroxylation sites is 1. The number of benzene rings is 2. The maximum atomic E-state index is 12.5. The molecule has 0 bridgehead atoms. The van der Waals surface area contributed by atoms with Crippen molar-refractivity contribution < 1.29 is 14.2 Å². The second-order valence-corrected chi connectivity index (χ2v) is 7.46. The smallest absolute Gasteiger partial charge is 0.192 e. The molecule has 1 aromatic heterocycles. The van der Waals surface area contributed by atoms with Gasteiger partial charge in [0.25, 0.3) is 0 Å². The molecule has 0 amide bonds. The molecular weight excluding hydrogens is 342 g/mol. The van der Waals surface area contributed by atoms with E-state index >= 15 is 0 Å². The summed E-state index contributed by atoms with van der Waals surface area (Å²) in [5.41, 5.74) is 2.41. The van der Waals surface area contributed by atoms with Crippen molar-refractivity contribution in [2.75, 3.05) is 19.8 Å². The van der Waals surface area contributed by atoms with Crippen LogP contribution in [0, 0.1) is 12.3 Å². The van der Waals surface area contributed by atoms with Crippen LogP contribution in [-0.4, -0.2) is 24.8 Å². The second-order valence-electron chi connectivity index (χ2n) is 7.46. The maximum Gasteiger partial charge on any atom is 0.192 e. The predicted octanol–water partition coefficient (Wildman–Crippen LogP) is 3.83. The Morgan fingerprint density at radius 2 is 1.81 bits per heavy atom. The fourth-order valence-electron chi connectivity index (χ4n) is 3.13. The first kappa shape index (κ1) is 17.6. The lowest BCUT2D eigenvalue weighted by Gasteiger charge is -2.37. The molecule has 0 atom stereocenters. The molecule has 1 aliphatic rings. The van der Waals surface area contributed by atoms with Crippen LogP contribution < -0.4 is 14.9 Å². The lowest BCUT2D eigenvalue weighted by atomic mass is 9.90. The Morgan fingerprint density at radius 1 is 1.07 bits per heavy atom. The number of fused-ring (bicyclic) bond motifs is 1. The van der Waals surface area contributed by atoms with Gasteiger partial charge in [-0.3, -0.25) is 4.79 Å². The Kier molecular flexibility index (Phi) is 4.62. The monoisotopic (exact) mass is 365 g/mol. The minimum atomic E-state index is 0.0380.